The van der Waals surface area contributed by atoms with Gasteiger partial charge in [-0.15, -0.1) is 0 Å². The van der Waals surface area contributed by atoms with Gasteiger partial charge >= 0.3 is 0 Å². The number of nitrogens with one attached hydrogen (secondary N) is 1. The van der Waals surface area contributed by atoms with E-state index in [-0.39, 0.29) is 5.54 Å². The average Bonchev–Trinajstić information content (AvgIpc) is 2.46. The molecule has 1 saturated heterocycles. The molecule has 3 heteroatoms. The second-order valence-electron chi connectivity index (χ2n) is 6.55. The number of halogens is 1. The van der Waals surface area contributed by atoms with Crippen LogP contribution in [0.5, 0.6) is 0 Å². The van der Waals surface area contributed by atoms with Crippen LogP contribution in [0.25, 0.3) is 0 Å². The minimum Gasteiger partial charge on any atom is -0.309 e. The minimum absolute atomic E-state index is 0.269. The Kier molecular flexibility index (Phi) is 5.73. The van der Waals surface area contributed by atoms with E-state index in [4.69, 9.17) is 11.6 Å². The lowest BCUT2D eigenvalue weighted by molar-refractivity contribution is 0.0497. The van der Waals surface area contributed by atoms with Crippen LogP contribution in [-0.4, -0.2) is 36.1 Å². The fourth-order valence-electron chi connectivity index (χ4n) is 3.70. The summed E-state index contributed by atoms with van der Waals surface area (Å²) in [5, 5.41) is 3.80. The Morgan fingerprint density at radius 3 is 2.68 bits per heavy atom. The highest BCUT2D eigenvalue weighted by Crippen LogP contribution is 2.32. The van der Waals surface area contributed by atoms with Crippen LogP contribution in [0, 0.1) is 5.92 Å². The molecule has 19 heavy (non-hydrogen) atoms. The molecule has 2 aliphatic rings. The number of piperazine rings is 1. The summed E-state index contributed by atoms with van der Waals surface area (Å²) in [5.74, 6) is 0.881. The van der Waals surface area contributed by atoms with E-state index < -0.39 is 0 Å². The lowest BCUT2D eigenvalue weighted by atomic mass is 9.80. The summed E-state index contributed by atoms with van der Waals surface area (Å²) in [5.41, 5.74) is 1.94. The Hall–Kier alpha value is -0.0500. The third-order valence-corrected chi connectivity index (χ3v) is 5.34. The zero-order chi connectivity index (χ0) is 13.7. The number of hydrogen-bond acceptors (Lipinski definition) is 2. The van der Waals surface area contributed by atoms with Gasteiger partial charge in [-0.05, 0) is 32.1 Å². The number of nitrogens with zero attached hydrogens (tertiary/aromatic N) is 1. The van der Waals surface area contributed by atoms with Crippen molar-refractivity contribution < 1.29 is 0 Å². The summed E-state index contributed by atoms with van der Waals surface area (Å²) >= 11 is 5.74. The summed E-state index contributed by atoms with van der Waals surface area (Å²) in [6.45, 7) is 7.92. The molecule has 2 fully saturated rings. The van der Waals surface area contributed by atoms with Crippen molar-refractivity contribution in [3.8, 4) is 0 Å². The minimum atomic E-state index is 0.269. The lowest BCUT2D eigenvalue weighted by Gasteiger charge is -2.49. The summed E-state index contributed by atoms with van der Waals surface area (Å²) < 4.78 is 0. The SMILES string of the molecule is CCC1(C)CN(C/C=C/Cl)C(C2CCCCC2)CN1. The van der Waals surface area contributed by atoms with Crippen LogP contribution >= 0.6 is 11.6 Å². The first kappa shape index (κ1) is 15.3. The van der Waals surface area contributed by atoms with Gasteiger partial charge in [0.2, 0.25) is 0 Å². The van der Waals surface area contributed by atoms with Gasteiger partial charge in [0.25, 0.3) is 0 Å². The molecule has 0 spiro atoms. The van der Waals surface area contributed by atoms with Gasteiger partial charge in [-0.1, -0.05) is 43.9 Å². The monoisotopic (exact) mass is 284 g/mol. The summed E-state index contributed by atoms with van der Waals surface area (Å²) in [4.78, 5) is 2.66. The van der Waals surface area contributed by atoms with E-state index in [1.807, 2.05) is 0 Å². The largest absolute Gasteiger partial charge is 0.309 e. The Morgan fingerprint density at radius 1 is 1.32 bits per heavy atom. The maximum absolute atomic E-state index is 5.74. The van der Waals surface area contributed by atoms with Crippen LogP contribution in [0.15, 0.2) is 11.6 Å². The van der Waals surface area contributed by atoms with E-state index >= 15 is 0 Å². The highest BCUT2D eigenvalue weighted by Gasteiger charge is 2.37. The quantitative estimate of drug-likeness (QED) is 0.846. The van der Waals surface area contributed by atoms with Crippen LogP contribution in [-0.2, 0) is 0 Å². The molecule has 1 heterocycles. The van der Waals surface area contributed by atoms with Gasteiger partial charge in [-0.3, -0.25) is 4.90 Å². The first-order valence-corrected chi connectivity index (χ1v) is 8.36. The first-order chi connectivity index (χ1) is 9.18. The zero-order valence-electron chi connectivity index (χ0n) is 12.5. The first-order valence-electron chi connectivity index (χ1n) is 7.93. The van der Waals surface area contributed by atoms with Crippen molar-refractivity contribution >= 4 is 11.6 Å². The summed E-state index contributed by atoms with van der Waals surface area (Å²) in [6.07, 6.45) is 10.4. The van der Waals surface area contributed by atoms with Crippen molar-refractivity contribution in [2.75, 3.05) is 19.6 Å². The smallest absolute Gasteiger partial charge is 0.0278 e. The molecule has 0 aromatic heterocycles. The molecule has 0 aromatic carbocycles. The maximum Gasteiger partial charge on any atom is 0.0278 e. The standard InChI is InChI=1S/C16H29ClN2/c1-3-16(2)13-19(11-7-10-17)15(12-18-16)14-8-5-4-6-9-14/h7,10,14-15,18H,3-6,8-9,11-13H2,1-2H3/b10-7+. The van der Waals surface area contributed by atoms with E-state index in [2.05, 4.69) is 30.1 Å². The molecule has 1 aliphatic carbocycles. The van der Waals surface area contributed by atoms with E-state index in [9.17, 15) is 0 Å². The van der Waals surface area contributed by atoms with Gasteiger partial charge in [0.1, 0.15) is 0 Å². The van der Waals surface area contributed by atoms with Crippen LogP contribution in [0.3, 0.4) is 0 Å². The molecule has 0 amide bonds. The van der Waals surface area contributed by atoms with Crippen LogP contribution in [0.4, 0.5) is 0 Å². The Labute approximate surface area is 123 Å². The Balaban J connectivity index is 2.03. The van der Waals surface area contributed by atoms with Crippen molar-refractivity contribution in [3.63, 3.8) is 0 Å². The topological polar surface area (TPSA) is 15.3 Å². The molecule has 2 nitrogen and oxygen atoms in total. The maximum atomic E-state index is 5.74. The van der Waals surface area contributed by atoms with E-state index in [0.717, 1.165) is 25.6 Å². The summed E-state index contributed by atoms with van der Waals surface area (Å²) in [7, 11) is 0. The van der Waals surface area contributed by atoms with E-state index in [1.165, 1.54) is 38.5 Å². The molecule has 0 aromatic rings. The van der Waals surface area contributed by atoms with Crippen LogP contribution in [0.2, 0.25) is 0 Å². The van der Waals surface area contributed by atoms with Gasteiger partial charge in [-0.25, -0.2) is 0 Å². The van der Waals surface area contributed by atoms with Crippen LogP contribution < -0.4 is 5.32 Å². The van der Waals surface area contributed by atoms with Gasteiger partial charge in [0, 0.05) is 36.8 Å². The predicted octanol–water partition coefficient (Wildman–Crippen LogP) is 3.76. The molecule has 2 unspecified atom stereocenters. The molecule has 1 N–H and O–H groups in total. The molecule has 110 valence electrons. The zero-order valence-corrected chi connectivity index (χ0v) is 13.3. The fourth-order valence-corrected chi connectivity index (χ4v) is 3.78. The van der Waals surface area contributed by atoms with Gasteiger partial charge < -0.3 is 5.32 Å². The van der Waals surface area contributed by atoms with Crippen molar-refractivity contribution in [1.82, 2.24) is 10.2 Å². The summed E-state index contributed by atoms with van der Waals surface area (Å²) in [6, 6.07) is 0.702. The molecule has 1 aliphatic heterocycles. The second kappa shape index (κ2) is 7.10. The Bertz CT molecular complexity index is 299. The molecular formula is C16H29ClN2. The average molecular weight is 285 g/mol. The highest BCUT2D eigenvalue weighted by atomic mass is 35.5. The number of hydrogen-bond donors (Lipinski definition) is 1. The van der Waals surface area contributed by atoms with Crippen molar-refractivity contribution in [1.29, 1.82) is 0 Å². The fraction of sp³-hybridized carbons (Fsp3) is 0.875. The highest BCUT2D eigenvalue weighted by molar-refractivity contribution is 6.25. The Morgan fingerprint density at radius 2 is 2.05 bits per heavy atom. The predicted molar refractivity (Wildman–Crippen MR) is 83.6 cm³/mol. The van der Waals surface area contributed by atoms with Crippen molar-refractivity contribution in [2.45, 2.75) is 64.0 Å². The van der Waals surface area contributed by atoms with Gasteiger partial charge in [0.15, 0.2) is 0 Å². The molecule has 2 atom stereocenters. The molecule has 0 radical (unpaired) electrons. The third kappa shape index (κ3) is 3.96. The molecule has 0 bridgehead atoms. The normalized spacial score (nSPS) is 35.0. The van der Waals surface area contributed by atoms with Gasteiger partial charge in [-0.2, -0.15) is 0 Å². The van der Waals surface area contributed by atoms with Crippen LogP contribution in [0.1, 0.15) is 52.4 Å². The van der Waals surface area contributed by atoms with E-state index in [1.54, 1.807) is 5.54 Å². The van der Waals surface area contributed by atoms with Crippen molar-refractivity contribution in [2.24, 2.45) is 5.92 Å². The van der Waals surface area contributed by atoms with Crippen molar-refractivity contribution in [3.05, 3.63) is 11.6 Å². The number of rotatable bonds is 4. The second-order valence-corrected chi connectivity index (χ2v) is 6.80. The van der Waals surface area contributed by atoms with Gasteiger partial charge in [0.05, 0.1) is 0 Å². The lowest BCUT2D eigenvalue weighted by Crippen LogP contribution is -2.64. The molecule has 2 rings (SSSR count). The van der Waals surface area contributed by atoms with E-state index in [0.29, 0.717) is 6.04 Å². The molecular weight excluding hydrogens is 256 g/mol. The molecule has 1 saturated carbocycles. The third-order valence-electron chi connectivity index (χ3n) is 5.16.